The maximum atomic E-state index is 12.6. The van der Waals surface area contributed by atoms with Gasteiger partial charge in [0.2, 0.25) is 5.95 Å². The molecule has 32 heavy (non-hydrogen) atoms. The van der Waals surface area contributed by atoms with Crippen molar-refractivity contribution < 1.29 is 9.18 Å². The molecular weight excluding hydrogens is 429 g/mol. The monoisotopic (exact) mass is 447 g/mol. The van der Waals surface area contributed by atoms with E-state index in [4.69, 9.17) is 11.6 Å². The fraction of sp³-hybridized carbons (Fsp3) is 0.125. The lowest BCUT2D eigenvalue weighted by atomic mass is 10.1. The highest BCUT2D eigenvalue weighted by Crippen LogP contribution is 2.29. The van der Waals surface area contributed by atoms with Crippen LogP contribution in [0.5, 0.6) is 0 Å². The zero-order valence-corrected chi connectivity index (χ0v) is 17.7. The van der Waals surface area contributed by atoms with Crippen molar-refractivity contribution in [2.24, 2.45) is 0 Å². The summed E-state index contributed by atoms with van der Waals surface area (Å²) < 4.78 is 11.8. The molecule has 3 heterocycles. The second kappa shape index (κ2) is 10.1. The molecule has 0 spiro atoms. The molecule has 3 aromatic heterocycles. The largest absolute Gasteiger partial charge is 0.344 e. The number of halogens is 2. The van der Waals surface area contributed by atoms with E-state index in [1.165, 1.54) is 18.6 Å². The Hall–Kier alpha value is -3.71. The zero-order chi connectivity index (χ0) is 22.3. The van der Waals surface area contributed by atoms with Crippen molar-refractivity contribution in [2.45, 2.75) is 18.9 Å². The molecule has 0 bridgehead atoms. The lowest BCUT2D eigenvalue weighted by Crippen LogP contribution is -2.28. The van der Waals surface area contributed by atoms with Crippen LogP contribution in [0.1, 0.15) is 34.2 Å². The average molecular weight is 448 g/mol. The molecule has 6 nitrogen and oxygen atoms in total. The summed E-state index contributed by atoms with van der Waals surface area (Å²) in [7, 11) is 0. The highest BCUT2D eigenvalue weighted by molar-refractivity contribution is 6.30. The number of aromatic nitrogens is 4. The fourth-order valence-corrected chi connectivity index (χ4v) is 3.52. The number of pyridine rings is 2. The topological polar surface area (TPSA) is 80.7 Å². The third-order valence-electron chi connectivity index (χ3n) is 4.94. The summed E-state index contributed by atoms with van der Waals surface area (Å²) in [6.45, 7) is 0. The Kier molecular flexibility index (Phi) is 6.77. The molecule has 5 rings (SSSR count). The van der Waals surface area contributed by atoms with Crippen LogP contribution in [0.3, 0.4) is 0 Å². The van der Waals surface area contributed by atoms with Gasteiger partial charge in [0.25, 0.3) is 5.91 Å². The van der Waals surface area contributed by atoms with E-state index in [0.717, 1.165) is 29.7 Å². The van der Waals surface area contributed by atoms with E-state index >= 15 is 0 Å². The van der Waals surface area contributed by atoms with Crippen LogP contribution in [0.15, 0.2) is 79.4 Å². The van der Waals surface area contributed by atoms with Crippen LogP contribution in [0.2, 0.25) is 5.02 Å². The minimum absolute atomic E-state index is 0.0230. The number of amides is 1. The van der Waals surface area contributed by atoms with E-state index in [1.807, 2.05) is 24.3 Å². The SMILES string of the molecule is Fc1ccccn1.O=C(N[C@H]1CCc2ncccc21)c1cc(-c2ccc(Cl)cc2)ncn1. The molecule has 4 aromatic rings. The van der Waals surface area contributed by atoms with Gasteiger partial charge in [-0.3, -0.25) is 9.78 Å². The Balaban J connectivity index is 0.000000300. The molecule has 1 aromatic carbocycles. The molecule has 1 aliphatic rings. The second-order valence-corrected chi connectivity index (χ2v) is 7.49. The van der Waals surface area contributed by atoms with Crippen LogP contribution in [0.4, 0.5) is 4.39 Å². The number of hydrogen-bond donors (Lipinski definition) is 1. The minimum Gasteiger partial charge on any atom is -0.344 e. The maximum absolute atomic E-state index is 12.6. The van der Waals surface area contributed by atoms with Crippen LogP contribution in [-0.4, -0.2) is 25.8 Å². The summed E-state index contributed by atoms with van der Waals surface area (Å²) in [5.74, 6) is -0.637. The standard InChI is InChI=1S/C19H15ClN4O.C5H4FN/c20-13-5-3-12(4-6-13)17-10-18(23-11-22-17)19(25)24-16-8-7-15-14(16)2-1-9-21-15;6-5-3-1-2-4-7-5/h1-6,9-11,16H,7-8H2,(H,24,25);1-4H/t16-;/m0./s1. The summed E-state index contributed by atoms with van der Waals surface area (Å²) in [4.78, 5) is 28.6. The highest BCUT2D eigenvalue weighted by Gasteiger charge is 2.25. The summed E-state index contributed by atoms with van der Waals surface area (Å²) in [5, 5.41) is 3.71. The van der Waals surface area contributed by atoms with Crippen LogP contribution < -0.4 is 5.32 Å². The quantitative estimate of drug-likeness (QED) is 0.455. The van der Waals surface area contributed by atoms with E-state index in [9.17, 15) is 9.18 Å². The number of benzene rings is 1. The van der Waals surface area contributed by atoms with Crippen molar-refractivity contribution in [3.63, 3.8) is 0 Å². The Morgan fingerprint density at radius 2 is 1.78 bits per heavy atom. The number of carbonyl (C=O) groups excluding carboxylic acids is 1. The third kappa shape index (κ3) is 5.31. The van der Waals surface area contributed by atoms with Gasteiger partial charge < -0.3 is 5.32 Å². The van der Waals surface area contributed by atoms with Gasteiger partial charge in [-0.05, 0) is 54.8 Å². The molecule has 0 fully saturated rings. The Bertz CT molecular complexity index is 1200. The molecule has 160 valence electrons. The average Bonchev–Trinajstić information content (AvgIpc) is 3.23. The predicted molar refractivity (Wildman–Crippen MR) is 119 cm³/mol. The molecule has 0 saturated carbocycles. The predicted octanol–water partition coefficient (Wildman–Crippen LogP) is 4.83. The van der Waals surface area contributed by atoms with Gasteiger partial charge in [0, 0.05) is 28.7 Å². The maximum Gasteiger partial charge on any atom is 0.270 e. The molecule has 0 radical (unpaired) electrons. The molecule has 1 amide bonds. The van der Waals surface area contributed by atoms with Gasteiger partial charge >= 0.3 is 0 Å². The number of nitrogens with zero attached hydrogens (tertiary/aromatic N) is 4. The molecule has 0 saturated heterocycles. The summed E-state index contributed by atoms with van der Waals surface area (Å²) in [5.41, 5.74) is 4.05. The first kappa shape index (κ1) is 21.5. The van der Waals surface area contributed by atoms with E-state index in [-0.39, 0.29) is 11.9 Å². The Labute approximate surface area is 189 Å². The summed E-state index contributed by atoms with van der Waals surface area (Å²) >= 11 is 5.92. The lowest BCUT2D eigenvalue weighted by molar-refractivity contribution is 0.0931. The molecule has 8 heteroatoms. The lowest BCUT2D eigenvalue weighted by Gasteiger charge is -2.13. The van der Waals surface area contributed by atoms with Crippen LogP contribution in [0.25, 0.3) is 11.3 Å². The van der Waals surface area contributed by atoms with Crippen LogP contribution in [0, 0.1) is 5.95 Å². The second-order valence-electron chi connectivity index (χ2n) is 7.05. The van der Waals surface area contributed by atoms with Crippen molar-refractivity contribution in [3.05, 3.63) is 107 Å². The van der Waals surface area contributed by atoms with E-state index in [2.05, 4.69) is 25.3 Å². The zero-order valence-electron chi connectivity index (χ0n) is 17.0. The van der Waals surface area contributed by atoms with Gasteiger partial charge in [-0.25, -0.2) is 15.0 Å². The molecule has 1 atom stereocenters. The number of rotatable bonds is 3. The summed E-state index contributed by atoms with van der Waals surface area (Å²) in [6.07, 6.45) is 6.33. The molecule has 0 unspecified atom stereocenters. The van der Waals surface area contributed by atoms with Gasteiger partial charge in [0.1, 0.15) is 12.0 Å². The van der Waals surface area contributed by atoms with Gasteiger partial charge in [0.15, 0.2) is 0 Å². The first-order valence-electron chi connectivity index (χ1n) is 9.99. The number of fused-ring (bicyclic) bond motifs is 1. The Morgan fingerprint density at radius 1 is 0.969 bits per heavy atom. The van der Waals surface area contributed by atoms with Crippen molar-refractivity contribution >= 4 is 17.5 Å². The first-order chi connectivity index (χ1) is 15.6. The molecule has 1 aliphatic carbocycles. The highest BCUT2D eigenvalue weighted by atomic mass is 35.5. The van der Waals surface area contributed by atoms with Crippen LogP contribution in [-0.2, 0) is 6.42 Å². The normalized spacial score (nSPS) is 14.1. The Morgan fingerprint density at radius 3 is 2.50 bits per heavy atom. The van der Waals surface area contributed by atoms with Crippen LogP contribution >= 0.6 is 11.6 Å². The molecule has 1 N–H and O–H groups in total. The number of aryl methyl sites for hydroxylation is 1. The van der Waals surface area contributed by atoms with Gasteiger partial charge in [0.05, 0.1) is 11.7 Å². The first-order valence-corrected chi connectivity index (χ1v) is 10.4. The van der Waals surface area contributed by atoms with Gasteiger partial charge in [-0.15, -0.1) is 0 Å². The smallest absolute Gasteiger partial charge is 0.270 e. The van der Waals surface area contributed by atoms with E-state index < -0.39 is 5.95 Å². The minimum atomic E-state index is -0.428. The summed E-state index contributed by atoms with van der Waals surface area (Å²) in [6, 6.07) is 17.5. The third-order valence-corrected chi connectivity index (χ3v) is 5.20. The number of carbonyl (C=O) groups is 1. The van der Waals surface area contributed by atoms with E-state index in [1.54, 1.807) is 36.5 Å². The van der Waals surface area contributed by atoms with Crippen molar-refractivity contribution in [2.75, 3.05) is 0 Å². The van der Waals surface area contributed by atoms with Crippen molar-refractivity contribution in [1.82, 2.24) is 25.3 Å². The van der Waals surface area contributed by atoms with Gasteiger partial charge in [-0.1, -0.05) is 35.9 Å². The number of hydrogen-bond acceptors (Lipinski definition) is 5. The molecular formula is C24H19ClFN5O. The van der Waals surface area contributed by atoms with Gasteiger partial charge in [-0.2, -0.15) is 4.39 Å². The van der Waals surface area contributed by atoms with E-state index in [0.29, 0.717) is 16.4 Å². The van der Waals surface area contributed by atoms with Crippen molar-refractivity contribution in [3.8, 4) is 11.3 Å². The fourth-order valence-electron chi connectivity index (χ4n) is 3.40. The number of nitrogens with one attached hydrogen (secondary N) is 1. The molecule has 0 aliphatic heterocycles. The van der Waals surface area contributed by atoms with Crippen molar-refractivity contribution in [1.29, 1.82) is 0 Å².